The maximum absolute atomic E-state index is 11.9. The van der Waals surface area contributed by atoms with Crippen LogP contribution in [0.3, 0.4) is 0 Å². The molecule has 1 aromatic heterocycles. The number of halogens is 1. The van der Waals surface area contributed by atoms with Gasteiger partial charge in [-0.1, -0.05) is 27.7 Å². The largest absolute Gasteiger partial charge is 0.460 e. The molecular weight excluding hydrogens is 244 g/mol. The molecule has 0 saturated heterocycles. The van der Waals surface area contributed by atoms with Gasteiger partial charge in [0.05, 0.1) is 10.7 Å². The predicted molar refractivity (Wildman–Crippen MR) is 59.4 cm³/mol. The minimum Gasteiger partial charge on any atom is -0.460 e. The fourth-order valence-corrected chi connectivity index (χ4v) is 1.46. The van der Waals surface area contributed by atoms with Gasteiger partial charge in [-0.15, -0.1) is 0 Å². The van der Waals surface area contributed by atoms with Crippen LogP contribution in [0.2, 0.25) is 0 Å². The highest BCUT2D eigenvalue weighted by molar-refractivity contribution is 9.10. The van der Waals surface area contributed by atoms with Gasteiger partial charge >= 0.3 is 0 Å². The summed E-state index contributed by atoms with van der Waals surface area (Å²) in [5, 5.41) is 0. The third kappa shape index (κ3) is 2.27. The number of ketones is 1. The summed E-state index contributed by atoms with van der Waals surface area (Å²) in [6.45, 7) is 8.07. The van der Waals surface area contributed by atoms with Gasteiger partial charge in [-0.3, -0.25) is 4.79 Å². The fourth-order valence-electron chi connectivity index (χ4n) is 1.06. The molecule has 0 spiro atoms. The zero-order valence-corrected chi connectivity index (χ0v) is 10.5. The standard InChI is InChI=1S/C11H15BrO2/c1-7(11(2,3)4)9(13)10-8(12)5-6-14-10/h5-7H,1-4H3. The molecule has 0 aliphatic carbocycles. The average molecular weight is 259 g/mol. The summed E-state index contributed by atoms with van der Waals surface area (Å²) in [7, 11) is 0. The summed E-state index contributed by atoms with van der Waals surface area (Å²) < 4.78 is 5.88. The van der Waals surface area contributed by atoms with E-state index in [2.05, 4.69) is 15.9 Å². The van der Waals surface area contributed by atoms with Crippen LogP contribution in [0.25, 0.3) is 0 Å². The van der Waals surface area contributed by atoms with Crippen LogP contribution in [-0.2, 0) is 0 Å². The molecular formula is C11H15BrO2. The molecule has 78 valence electrons. The number of carbonyl (C=O) groups excluding carboxylic acids is 1. The van der Waals surface area contributed by atoms with Crippen molar-refractivity contribution in [3.63, 3.8) is 0 Å². The van der Waals surface area contributed by atoms with Crippen molar-refractivity contribution in [1.82, 2.24) is 0 Å². The zero-order valence-electron chi connectivity index (χ0n) is 8.93. The van der Waals surface area contributed by atoms with Gasteiger partial charge in [0.15, 0.2) is 5.76 Å². The Balaban J connectivity index is 2.92. The van der Waals surface area contributed by atoms with E-state index in [-0.39, 0.29) is 17.1 Å². The van der Waals surface area contributed by atoms with Gasteiger partial charge < -0.3 is 4.42 Å². The highest BCUT2D eigenvalue weighted by Crippen LogP contribution is 2.31. The van der Waals surface area contributed by atoms with Crippen LogP contribution < -0.4 is 0 Å². The van der Waals surface area contributed by atoms with Crippen molar-refractivity contribution < 1.29 is 9.21 Å². The monoisotopic (exact) mass is 258 g/mol. The molecule has 1 heterocycles. The predicted octanol–water partition coefficient (Wildman–Crippen LogP) is 3.91. The van der Waals surface area contributed by atoms with E-state index in [0.717, 1.165) is 4.47 Å². The number of hydrogen-bond acceptors (Lipinski definition) is 2. The highest BCUT2D eigenvalue weighted by Gasteiger charge is 2.30. The first-order valence-electron chi connectivity index (χ1n) is 4.61. The van der Waals surface area contributed by atoms with E-state index in [4.69, 9.17) is 4.42 Å². The lowest BCUT2D eigenvalue weighted by atomic mass is 9.79. The summed E-state index contributed by atoms with van der Waals surface area (Å²) >= 11 is 3.29. The van der Waals surface area contributed by atoms with E-state index in [0.29, 0.717) is 5.76 Å². The number of furan rings is 1. The molecule has 0 saturated carbocycles. The molecule has 0 aliphatic rings. The molecule has 0 fully saturated rings. The van der Waals surface area contributed by atoms with Gasteiger partial charge in [0.2, 0.25) is 5.78 Å². The van der Waals surface area contributed by atoms with Crippen LogP contribution in [0.5, 0.6) is 0 Å². The van der Waals surface area contributed by atoms with E-state index in [1.807, 2.05) is 27.7 Å². The summed E-state index contributed by atoms with van der Waals surface area (Å²) in [5.41, 5.74) is -0.0384. The molecule has 0 bridgehead atoms. The molecule has 0 aliphatic heterocycles. The Morgan fingerprint density at radius 1 is 1.50 bits per heavy atom. The second-order valence-electron chi connectivity index (χ2n) is 4.55. The first-order valence-corrected chi connectivity index (χ1v) is 5.40. The van der Waals surface area contributed by atoms with E-state index in [9.17, 15) is 4.79 Å². The Kier molecular flexibility index (Phi) is 3.20. The molecule has 1 unspecified atom stereocenters. The average Bonchev–Trinajstić information content (AvgIpc) is 2.47. The molecule has 1 atom stereocenters. The van der Waals surface area contributed by atoms with E-state index in [1.165, 1.54) is 6.26 Å². The molecule has 0 radical (unpaired) electrons. The topological polar surface area (TPSA) is 30.2 Å². The van der Waals surface area contributed by atoms with Crippen LogP contribution in [0, 0.1) is 11.3 Å². The lowest BCUT2D eigenvalue weighted by Gasteiger charge is -2.25. The lowest BCUT2D eigenvalue weighted by Crippen LogP contribution is -2.25. The maximum Gasteiger partial charge on any atom is 0.202 e. The summed E-state index contributed by atoms with van der Waals surface area (Å²) in [4.78, 5) is 11.9. The van der Waals surface area contributed by atoms with E-state index < -0.39 is 0 Å². The van der Waals surface area contributed by atoms with Crippen LogP contribution in [0.1, 0.15) is 38.2 Å². The molecule has 3 heteroatoms. The molecule has 0 N–H and O–H groups in total. The Morgan fingerprint density at radius 2 is 2.07 bits per heavy atom. The zero-order chi connectivity index (χ0) is 10.9. The van der Waals surface area contributed by atoms with Crippen molar-refractivity contribution in [1.29, 1.82) is 0 Å². The van der Waals surface area contributed by atoms with Gasteiger partial charge in [-0.25, -0.2) is 0 Å². The molecule has 0 amide bonds. The van der Waals surface area contributed by atoms with Crippen molar-refractivity contribution in [3.8, 4) is 0 Å². The normalized spacial score (nSPS) is 14.1. The van der Waals surface area contributed by atoms with Crippen molar-refractivity contribution >= 4 is 21.7 Å². The van der Waals surface area contributed by atoms with Crippen molar-refractivity contribution in [2.75, 3.05) is 0 Å². The molecule has 1 aromatic rings. The van der Waals surface area contributed by atoms with Crippen molar-refractivity contribution in [2.45, 2.75) is 27.7 Å². The van der Waals surface area contributed by atoms with Crippen molar-refractivity contribution in [3.05, 3.63) is 22.6 Å². The van der Waals surface area contributed by atoms with Crippen LogP contribution in [0.4, 0.5) is 0 Å². The lowest BCUT2D eigenvalue weighted by molar-refractivity contribution is 0.0808. The summed E-state index contributed by atoms with van der Waals surface area (Å²) in [6.07, 6.45) is 1.52. The number of Topliss-reactive ketones (excluding diaryl/α,β-unsaturated/α-hetero) is 1. The van der Waals surface area contributed by atoms with Crippen LogP contribution >= 0.6 is 15.9 Å². The third-order valence-corrected chi connectivity index (χ3v) is 3.16. The van der Waals surface area contributed by atoms with Gasteiger partial charge in [0.1, 0.15) is 0 Å². The van der Waals surface area contributed by atoms with Crippen molar-refractivity contribution in [2.24, 2.45) is 11.3 Å². The Hall–Kier alpha value is -0.570. The SMILES string of the molecule is CC(C(=O)c1occc1Br)C(C)(C)C. The third-order valence-electron chi connectivity index (χ3n) is 2.53. The number of carbonyl (C=O) groups is 1. The number of rotatable bonds is 2. The highest BCUT2D eigenvalue weighted by atomic mass is 79.9. The fraction of sp³-hybridized carbons (Fsp3) is 0.545. The van der Waals surface area contributed by atoms with Gasteiger partial charge in [-0.2, -0.15) is 0 Å². The van der Waals surface area contributed by atoms with Gasteiger partial charge in [-0.05, 0) is 27.4 Å². The van der Waals surface area contributed by atoms with Crippen LogP contribution in [-0.4, -0.2) is 5.78 Å². The van der Waals surface area contributed by atoms with Gasteiger partial charge in [0.25, 0.3) is 0 Å². The number of hydrogen-bond donors (Lipinski definition) is 0. The second-order valence-corrected chi connectivity index (χ2v) is 5.40. The molecule has 0 aromatic carbocycles. The quantitative estimate of drug-likeness (QED) is 0.754. The Labute approximate surface area is 92.8 Å². The maximum atomic E-state index is 11.9. The van der Waals surface area contributed by atoms with E-state index >= 15 is 0 Å². The smallest absolute Gasteiger partial charge is 0.202 e. The molecule has 14 heavy (non-hydrogen) atoms. The molecule has 1 rings (SSSR count). The van der Waals surface area contributed by atoms with E-state index in [1.54, 1.807) is 6.07 Å². The Bertz CT molecular complexity index is 333. The summed E-state index contributed by atoms with van der Waals surface area (Å²) in [5.74, 6) is 0.423. The molecule has 2 nitrogen and oxygen atoms in total. The minimum atomic E-state index is -0.0510. The first-order chi connectivity index (χ1) is 6.34. The second kappa shape index (κ2) is 3.89. The van der Waals surface area contributed by atoms with Crippen LogP contribution in [0.15, 0.2) is 21.2 Å². The van der Waals surface area contributed by atoms with Gasteiger partial charge in [0, 0.05) is 5.92 Å². The first kappa shape index (κ1) is 11.5. The summed E-state index contributed by atoms with van der Waals surface area (Å²) in [6, 6.07) is 1.74. The minimum absolute atomic E-state index is 0.0384. The Morgan fingerprint density at radius 3 is 2.43 bits per heavy atom.